The Labute approximate surface area is 191 Å². The van der Waals surface area contributed by atoms with Crippen molar-refractivity contribution in [1.82, 2.24) is 10.2 Å². The van der Waals surface area contributed by atoms with Crippen molar-refractivity contribution in [3.8, 4) is 5.75 Å². The Bertz CT molecular complexity index is 1170. The number of nitrogens with one attached hydrogen (secondary N) is 1. The Morgan fingerprint density at radius 3 is 2.27 bits per heavy atom. The number of para-hydroxylation sites is 1. The van der Waals surface area contributed by atoms with Crippen molar-refractivity contribution in [2.45, 2.75) is 42.7 Å². The van der Waals surface area contributed by atoms with Gasteiger partial charge in [-0.1, -0.05) is 48.5 Å². The van der Waals surface area contributed by atoms with Crippen molar-refractivity contribution in [2.75, 3.05) is 6.61 Å². The molecule has 33 heavy (non-hydrogen) atoms. The van der Waals surface area contributed by atoms with Gasteiger partial charge in [-0.25, -0.2) is 13.2 Å². The summed E-state index contributed by atoms with van der Waals surface area (Å²) < 4.78 is 35.5. The van der Waals surface area contributed by atoms with Crippen molar-refractivity contribution < 1.29 is 32.3 Å². The quantitative estimate of drug-likeness (QED) is 0.472. The molecule has 0 aliphatic carbocycles. The van der Waals surface area contributed by atoms with Gasteiger partial charge in [0.15, 0.2) is 21.8 Å². The van der Waals surface area contributed by atoms with Gasteiger partial charge in [0.05, 0.1) is 0 Å². The number of β-lactam (4-membered cyclic amide) rings is 1. The van der Waals surface area contributed by atoms with Crippen LogP contribution in [0.4, 0.5) is 0 Å². The van der Waals surface area contributed by atoms with E-state index in [-0.39, 0.29) is 13.2 Å². The van der Waals surface area contributed by atoms with Gasteiger partial charge in [0.1, 0.15) is 29.2 Å². The van der Waals surface area contributed by atoms with Crippen LogP contribution in [-0.2, 0) is 35.6 Å². The molecule has 0 radical (unpaired) electrons. The van der Waals surface area contributed by atoms with E-state index in [4.69, 9.17) is 9.47 Å². The predicted octanol–water partition coefficient (Wildman–Crippen LogP) is 1.04. The maximum absolute atomic E-state index is 13.2. The monoisotopic (exact) mass is 472 g/mol. The first-order valence-electron chi connectivity index (χ1n) is 10.4. The first kappa shape index (κ1) is 22.8. The van der Waals surface area contributed by atoms with Crippen molar-refractivity contribution in [3.05, 3.63) is 66.2 Å². The van der Waals surface area contributed by atoms with Gasteiger partial charge in [-0.05, 0) is 31.5 Å². The Balaban J connectivity index is 1.45. The number of hydrogen-bond acceptors (Lipinski definition) is 7. The number of hydrogen-bond donors (Lipinski definition) is 1. The highest BCUT2D eigenvalue weighted by Gasteiger charge is 2.72. The van der Waals surface area contributed by atoms with Crippen LogP contribution in [0.25, 0.3) is 0 Å². The van der Waals surface area contributed by atoms with Gasteiger partial charge in [-0.2, -0.15) is 0 Å². The molecule has 3 atom stereocenters. The topological polar surface area (TPSA) is 119 Å². The molecule has 0 unspecified atom stereocenters. The first-order valence-corrected chi connectivity index (χ1v) is 11.9. The Kier molecular flexibility index (Phi) is 5.87. The van der Waals surface area contributed by atoms with Crippen LogP contribution < -0.4 is 10.1 Å². The molecule has 2 aliphatic heterocycles. The normalized spacial score (nSPS) is 24.4. The maximum Gasteiger partial charge on any atom is 0.330 e. The molecule has 4 rings (SSSR count). The molecular formula is C23H24N2O7S. The van der Waals surface area contributed by atoms with E-state index in [2.05, 4.69) is 5.32 Å². The van der Waals surface area contributed by atoms with E-state index in [0.29, 0.717) is 5.75 Å². The first-order chi connectivity index (χ1) is 15.6. The number of esters is 1. The Hall–Kier alpha value is -3.40. The summed E-state index contributed by atoms with van der Waals surface area (Å²) in [6.07, 6.45) is 0. The van der Waals surface area contributed by atoms with E-state index >= 15 is 0 Å². The third-order valence-corrected chi connectivity index (χ3v) is 8.77. The van der Waals surface area contributed by atoms with Crippen LogP contribution in [0.1, 0.15) is 19.4 Å². The molecule has 2 amide bonds. The van der Waals surface area contributed by atoms with E-state index in [1.807, 2.05) is 6.07 Å². The standard InChI is InChI=1S/C23H24N2O7S/c1-23(2)19(22(28)32-13-15-9-5-3-6-10-15)25-20(27)18(21(25)33(23,29)30)24-17(26)14-31-16-11-7-4-8-12-16/h3-12,18-19,21H,13-14H2,1-2H3,(H,24,26)/t18-,19-,21+/m0/s1. The summed E-state index contributed by atoms with van der Waals surface area (Å²) in [4.78, 5) is 39.0. The molecule has 2 aromatic rings. The number of rotatable bonds is 7. The van der Waals surface area contributed by atoms with Crippen LogP contribution >= 0.6 is 0 Å². The number of sulfone groups is 1. The average Bonchev–Trinajstić information content (AvgIpc) is 2.95. The molecule has 0 saturated carbocycles. The zero-order valence-corrected chi connectivity index (χ0v) is 18.9. The lowest BCUT2D eigenvalue weighted by Gasteiger charge is -2.42. The summed E-state index contributed by atoms with van der Waals surface area (Å²) in [6, 6.07) is 14.9. The van der Waals surface area contributed by atoms with Crippen molar-refractivity contribution in [1.29, 1.82) is 0 Å². The van der Waals surface area contributed by atoms with Gasteiger partial charge < -0.3 is 19.7 Å². The molecule has 174 valence electrons. The molecule has 0 aromatic heterocycles. The second-order valence-corrected chi connectivity index (χ2v) is 11.1. The lowest BCUT2D eigenvalue weighted by Crippen LogP contribution is -2.72. The van der Waals surface area contributed by atoms with E-state index in [9.17, 15) is 22.8 Å². The highest BCUT2D eigenvalue weighted by atomic mass is 32.2. The predicted molar refractivity (Wildman–Crippen MR) is 118 cm³/mol. The molecule has 2 aromatic carbocycles. The van der Waals surface area contributed by atoms with Gasteiger partial charge in [0.25, 0.3) is 5.91 Å². The van der Waals surface area contributed by atoms with Gasteiger partial charge in [-0.15, -0.1) is 0 Å². The highest BCUT2D eigenvalue weighted by molar-refractivity contribution is 7.94. The van der Waals surface area contributed by atoms with Crippen molar-refractivity contribution in [3.63, 3.8) is 0 Å². The summed E-state index contributed by atoms with van der Waals surface area (Å²) in [6.45, 7) is 2.35. The molecule has 1 N–H and O–H groups in total. The SMILES string of the molecule is CC1(C)[C@H](C(=O)OCc2ccccc2)N2C(=O)[C@H](NC(=O)COc3ccccc3)[C@H]2S1(=O)=O. The second-order valence-electron chi connectivity index (χ2n) is 8.43. The summed E-state index contributed by atoms with van der Waals surface area (Å²) in [5.74, 6) is -1.63. The number of ether oxygens (including phenoxy) is 2. The molecule has 0 spiro atoms. The summed E-state index contributed by atoms with van der Waals surface area (Å²) in [5.41, 5.74) is 0.736. The number of carbonyl (C=O) groups is 3. The molecule has 2 heterocycles. The fourth-order valence-corrected chi connectivity index (χ4v) is 6.32. The van der Waals surface area contributed by atoms with Gasteiger partial charge >= 0.3 is 5.97 Å². The summed E-state index contributed by atoms with van der Waals surface area (Å²) in [7, 11) is -3.99. The highest BCUT2D eigenvalue weighted by Crippen LogP contribution is 2.46. The van der Waals surface area contributed by atoms with E-state index in [1.165, 1.54) is 13.8 Å². The summed E-state index contributed by atoms with van der Waals surface area (Å²) >= 11 is 0. The van der Waals surface area contributed by atoms with Gasteiger partial charge in [0.2, 0.25) is 5.91 Å². The van der Waals surface area contributed by atoms with Gasteiger partial charge in [0, 0.05) is 0 Å². The number of carbonyl (C=O) groups excluding carboxylic acids is 3. The third kappa shape index (κ3) is 3.95. The molecule has 2 saturated heterocycles. The zero-order valence-electron chi connectivity index (χ0n) is 18.1. The molecular weight excluding hydrogens is 448 g/mol. The van der Waals surface area contributed by atoms with Crippen LogP contribution in [0.15, 0.2) is 60.7 Å². The minimum atomic E-state index is -3.99. The molecule has 10 heteroatoms. The summed E-state index contributed by atoms with van der Waals surface area (Å²) in [5, 5.41) is 1.09. The smallest absolute Gasteiger partial charge is 0.330 e. The van der Waals surface area contributed by atoms with Crippen LogP contribution in [0, 0.1) is 0 Å². The van der Waals surface area contributed by atoms with E-state index < -0.39 is 49.8 Å². The maximum atomic E-state index is 13.2. The van der Waals surface area contributed by atoms with Gasteiger partial charge in [-0.3, -0.25) is 9.59 Å². The van der Waals surface area contributed by atoms with Crippen LogP contribution in [0.5, 0.6) is 5.75 Å². The van der Waals surface area contributed by atoms with Crippen LogP contribution in [0.3, 0.4) is 0 Å². The third-order valence-electron chi connectivity index (χ3n) is 5.94. The molecule has 9 nitrogen and oxygen atoms in total. The molecule has 2 aliphatic rings. The number of fused-ring (bicyclic) bond motifs is 1. The largest absolute Gasteiger partial charge is 0.484 e. The number of amides is 2. The minimum absolute atomic E-state index is 0.0456. The fourth-order valence-electron chi connectivity index (χ4n) is 4.11. The van der Waals surface area contributed by atoms with Crippen molar-refractivity contribution >= 4 is 27.6 Å². The van der Waals surface area contributed by atoms with E-state index in [1.54, 1.807) is 54.6 Å². The zero-order chi connectivity index (χ0) is 23.8. The lowest BCUT2D eigenvalue weighted by atomic mass is 9.96. The molecule has 0 bridgehead atoms. The number of nitrogens with zero attached hydrogens (tertiary/aromatic N) is 1. The average molecular weight is 473 g/mol. The van der Waals surface area contributed by atoms with E-state index in [0.717, 1.165) is 10.5 Å². The van der Waals surface area contributed by atoms with Crippen LogP contribution in [0.2, 0.25) is 0 Å². The Morgan fingerprint density at radius 2 is 1.64 bits per heavy atom. The fraction of sp³-hybridized carbons (Fsp3) is 0.348. The van der Waals surface area contributed by atoms with Crippen LogP contribution in [-0.4, -0.2) is 59.9 Å². The second kappa shape index (κ2) is 8.51. The van der Waals surface area contributed by atoms with Crippen molar-refractivity contribution in [2.24, 2.45) is 0 Å². The number of benzene rings is 2. The Morgan fingerprint density at radius 1 is 1.03 bits per heavy atom. The minimum Gasteiger partial charge on any atom is -0.484 e. The lowest BCUT2D eigenvalue weighted by molar-refractivity contribution is -0.165. The molecule has 2 fully saturated rings.